The third-order valence-electron chi connectivity index (χ3n) is 4.58. The molecule has 0 bridgehead atoms. The van der Waals surface area contributed by atoms with Crippen LogP contribution in [0.15, 0.2) is 42.5 Å². The molecule has 28 heavy (non-hydrogen) atoms. The van der Waals surface area contributed by atoms with Crippen molar-refractivity contribution in [2.45, 2.75) is 13.8 Å². The van der Waals surface area contributed by atoms with E-state index >= 15 is 0 Å². The van der Waals surface area contributed by atoms with Crippen LogP contribution in [-0.4, -0.2) is 39.1 Å². The molecule has 0 aliphatic carbocycles. The average Bonchev–Trinajstić information content (AvgIpc) is 2.68. The number of hydrogen-bond donors (Lipinski definition) is 2. The SMILES string of the molecule is CN(C)c1ccc(NC(=O)C(C)(C)C(=O)Nc2ccc3c(c2)OCCO3)cc1. The van der Waals surface area contributed by atoms with Gasteiger partial charge in [-0.2, -0.15) is 0 Å². The summed E-state index contributed by atoms with van der Waals surface area (Å²) in [5, 5.41) is 5.58. The summed E-state index contributed by atoms with van der Waals surface area (Å²) >= 11 is 0. The van der Waals surface area contributed by atoms with E-state index in [1.807, 2.05) is 43.3 Å². The molecule has 0 saturated carbocycles. The van der Waals surface area contributed by atoms with Gasteiger partial charge in [0.2, 0.25) is 11.8 Å². The van der Waals surface area contributed by atoms with Gasteiger partial charge < -0.3 is 25.0 Å². The van der Waals surface area contributed by atoms with Gasteiger partial charge in [0.1, 0.15) is 18.6 Å². The average molecular weight is 383 g/mol. The lowest BCUT2D eigenvalue weighted by atomic mass is 9.90. The third-order valence-corrected chi connectivity index (χ3v) is 4.58. The Bertz CT molecular complexity index is 876. The van der Waals surface area contributed by atoms with Gasteiger partial charge in [-0.3, -0.25) is 9.59 Å². The molecule has 1 heterocycles. The third kappa shape index (κ3) is 4.19. The lowest BCUT2D eigenvalue weighted by Gasteiger charge is -2.24. The molecule has 0 spiro atoms. The fourth-order valence-electron chi connectivity index (χ4n) is 2.64. The van der Waals surface area contributed by atoms with Crippen LogP contribution in [0.4, 0.5) is 17.1 Å². The van der Waals surface area contributed by atoms with Crippen molar-refractivity contribution in [1.82, 2.24) is 0 Å². The molecule has 7 nitrogen and oxygen atoms in total. The van der Waals surface area contributed by atoms with E-state index in [4.69, 9.17) is 9.47 Å². The first kappa shape index (κ1) is 19.5. The highest BCUT2D eigenvalue weighted by Crippen LogP contribution is 2.33. The molecule has 1 aliphatic rings. The predicted molar refractivity (Wildman–Crippen MR) is 109 cm³/mol. The topological polar surface area (TPSA) is 79.9 Å². The van der Waals surface area contributed by atoms with Crippen LogP contribution in [0.5, 0.6) is 11.5 Å². The van der Waals surface area contributed by atoms with Crippen molar-refractivity contribution in [3.05, 3.63) is 42.5 Å². The number of carbonyl (C=O) groups excluding carboxylic acids is 2. The molecule has 0 fully saturated rings. The molecule has 2 aromatic rings. The van der Waals surface area contributed by atoms with Gasteiger partial charge in [-0.05, 0) is 50.2 Å². The molecule has 1 aliphatic heterocycles. The number of rotatable bonds is 5. The summed E-state index contributed by atoms with van der Waals surface area (Å²) in [4.78, 5) is 27.4. The number of amides is 2. The number of ether oxygens (including phenoxy) is 2. The minimum absolute atomic E-state index is 0.389. The van der Waals surface area contributed by atoms with E-state index in [0.717, 1.165) is 5.69 Å². The van der Waals surface area contributed by atoms with Crippen LogP contribution in [-0.2, 0) is 9.59 Å². The van der Waals surface area contributed by atoms with E-state index in [9.17, 15) is 9.59 Å². The lowest BCUT2D eigenvalue weighted by Crippen LogP contribution is -2.41. The standard InChI is InChI=1S/C21H25N3O4/c1-21(2,19(25)22-14-5-8-16(9-6-14)24(3)4)20(26)23-15-7-10-17-18(13-15)28-12-11-27-17/h5-10,13H,11-12H2,1-4H3,(H,22,25)(H,23,26). The van der Waals surface area contributed by atoms with Crippen molar-refractivity contribution in [1.29, 1.82) is 0 Å². The summed E-state index contributed by atoms with van der Waals surface area (Å²) in [5.74, 6) is 0.418. The van der Waals surface area contributed by atoms with Crippen LogP contribution in [0.3, 0.4) is 0 Å². The Hall–Kier alpha value is -3.22. The molecule has 0 saturated heterocycles. The van der Waals surface area contributed by atoms with Crippen molar-refractivity contribution >= 4 is 28.9 Å². The Kier molecular flexibility index (Phi) is 5.44. The van der Waals surface area contributed by atoms with Gasteiger partial charge in [-0.15, -0.1) is 0 Å². The molecule has 148 valence electrons. The summed E-state index contributed by atoms with van der Waals surface area (Å²) in [7, 11) is 3.89. The lowest BCUT2D eigenvalue weighted by molar-refractivity contribution is -0.135. The van der Waals surface area contributed by atoms with Crippen molar-refractivity contribution in [2.24, 2.45) is 5.41 Å². The first-order valence-electron chi connectivity index (χ1n) is 9.07. The zero-order chi connectivity index (χ0) is 20.3. The van der Waals surface area contributed by atoms with Crippen LogP contribution in [0.25, 0.3) is 0 Å². The van der Waals surface area contributed by atoms with Gasteiger partial charge in [0, 0.05) is 37.2 Å². The molecule has 0 atom stereocenters. The molecule has 0 radical (unpaired) electrons. The quantitative estimate of drug-likeness (QED) is 0.776. The largest absolute Gasteiger partial charge is 0.486 e. The fraction of sp³-hybridized carbons (Fsp3) is 0.333. The Balaban J connectivity index is 1.67. The minimum atomic E-state index is -1.27. The number of carbonyl (C=O) groups is 2. The summed E-state index contributed by atoms with van der Waals surface area (Å²) in [6.45, 7) is 4.14. The van der Waals surface area contributed by atoms with Crippen molar-refractivity contribution in [3.63, 3.8) is 0 Å². The Morgan fingerprint density at radius 2 is 1.39 bits per heavy atom. The maximum atomic E-state index is 12.7. The molecule has 2 amide bonds. The summed E-state index contributed by atoms with van der Waals surface area (Å²) in [6.07, 6.45) is 0. The van der Waals surface area contributed by atoms with Gasteiger partial charge >= 0.3 is 0 Å². The van der Waals surface area contributed by atoms with Gasteiger partial charge in [-0.1, -0.05) is 0 Å². The van der Waals surface area contributed by atoms with E-state index in [2.05, 4.69) is 10.6 Å². The number of benzene rings is 2. The first-order valence-corrected chi connectivity index (χ1v) is 9.07. The Morgan fingerprint density at radius 3 is 2.00 bits per heavy atom. The molecule has 0 unspecified atom stereocenters. The monoisotopic (exact) mass is 383 g/mol. The van der Waals surface area contributed by atoms with E-state index < -0.39 is 11.3 Å². The molecular weight excluding hydrogens is 358 g/mol. The van der Waals surface area contributed by atoms with Crippen LogP contribution in [0.2, 0.25) is 0 Å². The predicted octanol–water partition coefficient (Wildman–Crippen LogP) is 3.13. The zero-order valence-corrected chi connectivity index (χ0v) is 16.5. The maximum Gasteiger partial charge on any atom is 0.239 e. The zero-order valence-electron chi connectivity index (χ0n) is 16.5. The molecule has 2 N–H and O–H groups in total. The van der Waals surface area contributed by atoms with E-state index in [-0.39, 0.29) is 5.91 Å². The second kappa shape index (κ2) is 7.80. The van der Waals surface area contributed by atoms with Gasteiger partial charge in [0.25, 0.3) is 0 Å². The molecule has 3 rings (SSSR count). The number of hydrogen-bond acceptors (Lipinski definition) is 5. The smallest absolute Gasteiger partial charge is 0.239 e. The normalized spacial score (nSPS) is 12.9. The highest BCUT2D eigenvalue weighted by molar-refractivity contribution is 6.14. The molecule has 0 aromatic heterocycles. The second-order valence-corrected chi connectivity index (χ2v) is 7.33. The molecule has 2 aromatic carbocycles. The Morgan fingerprint density at radius 1 is 0.857 bits per heavy atom. The number of nitrogens with zero attached hydrogens (tertiary/aromatic N) is 1. The molecular formula is C21H25N3O4. The second-order valence-electron chi connectivity index (χ2n) is 7.33. The summed E-state index contributed by atoms with van der Waals surface area (Å²) < 4.78 is 11.0. The summed E-state index contributed by atoms with van der Waals surface area (Å²) in [6, 6.07) is 12.6. The van der Waals surface area contributed by atoms with Crippen molar-refractivity contribution in [3.8, 4) is 11.5 Å². The van der Waals surface area contributed by atoms with Crippen LogP contribution in [0.1, 0.15) is 13.8 Å². The van der Waals surface area contributed by atoms with Crippen LogP contribution < -0.4 is 25.0 Å². The number of nitrogens with one attached hydrogen (secondary N) is 2. The van der Waals surface area contributed by atoms with E-state index in [1.165, 1.54) is 0 Å². The van der Waals surface area contributed by atoms with Crippen LogP contribution >= 0.6 is 0 Å². The maximum absolute atomic E-state index is 12.7. The number of fused-ring (bicyclic) bond motifs is 1. The number of anilines is 3. The summed E-state index contributed by atoms with van der Waals surface area (Å²) in [5.41, 5.74) is 0.933. The van der Waals surface area contributed by atoms with Crippen LogP contribution in [0, 0.1) is 5.41 Å². The van der Waals surface area contributed by atoms with Gasteiger partial charge in [0.15, 0.2) is 11.5 Å². The van der Waals surface area contributed by atoms with Gasteiger partial charge in [0.05, 0.1) is 0 Å². The first-order chi connectivity index (χ1) is 13.3. The molecule has 7 heteroatoms. The highest BCUT2D eigenvalue weighted by atomic mass is 16.6. The van der Waals surface area contributed by atoms with E-state index in [0.29, 0.717) is 36.1 Å². The van der Waals surface area contributed by atoms with E-state index in [1.54, 1.807) is 32.0 Å². The Labute approximate surface area is 164 Å². The van der Waals surface area contributed by atoms with Crippen molar-refractivity contribution < 1.29 is 19.1 Å². The minimum Gasteiger partial charge on any atom is -0.486 e. The fourth-order valence-corrected chi connectivity index (χ4v) is 2.64. The highest BCUT2D eigenvalue weighted by Gasteiger charge is 2.36. The van der Waals surface area contributed by atoms with Crippen molar-refractivity contribution in [2.75, 3.05) is 42.8 Å². The van der Waals surface area contributed by atoms with Gasteiger partial charge in [-0.25, -0.2) is 0 Å².